The molecule has 0 spiro atoms. The summed E-state index contributed by atoms with van der Waals surface area (Å²) in [4.78, 5) is 12.1. The average Bonchev–Trinajstić information content (AvgIpc) is 2.97. The minimum Gasteiger partial charge on any atom is -0.396 e. The number of carbonyl (C=O) groups is 1. The highest BCUT2D eigenvalue weighted by molar-refractivity contribution is 5.93. The highest BCUT2D eigenvalue weighted by atomic mass is 16.3. The van der Waals surface area contributed by atoms with E-state index in [-0.39, 0.29) is 24.5 Å². The lowest BCUT2D eigenvalue weighted by Crippen LogP contribution is -2.38. The molecular formula is C15H19N3O2. The number of hydrogen-bond donors (Lipinski definition) is 3. The van der Waals surface area contributed by atoms with Gasteiger partial charge in [-0.15, -0.1) is 0 Å². The quantitative estimate of drug-likeness (QED) is 0.777. The highest BCUT2D eigenvalue weighted by Crippen LogP contribution is 2.17. The number of hydrogen-bond acceptors (Lipinski definition) is 3. The Morgan fingerprint density at radius 1 is 1.35 bits per heavy atom. The maximum absolute atomic E-state index is 12.1. The standard InChI is InChI=1S/C15H19N3O2/c1-10(9-19)11(2)16-15(20)14-8-13(17-18-14)12-6-4-3-5-7-12/h3-8,10-11,19H,9H2,1-2H3,(H,16,20)(H,17,18). The first-order valence-electron chi connectivity index (χ1n) is 6.64. The second-order valence-electron chi connectivity index (χ2n) is 4.95. The van der Waals surface area contributed by atoms with Gasteiger partial charge in [0.1, 0.15) is 5.69 Å². The molecule has 1 aromatic heterocycles. The molecule has 0 bridgehead atoms. The molecule has 5 nitrogen and oxygen atoms in total. The van der Waals surface area contributed by atoms with Gasteiger partial charge in [0.2, 0.25) is 0 Å². The molecular weight excluding hydrogens is 254 g/mol. The molecule has 106 valence electrons. The van der Waals surface area contributed by atoms with Crippen LogP contribution in [0.4, 0.5) is 0 Å². The lowest BCUT2D eigenvalue weighted by atomic mass is 10.1. The molecule has 2 aromatic rings. The fraction of sp³-hybridized carbons (Fsp3) is 0.333. The molecule has 0 aliphatic heterocycles. The van der Waals surface area contributed by atoms with Gasteiger partial charge >= 0.3 is 0 Å². The monoisotopic (exact) mass is 273 g/mol. The summed E-state index contributed by atoms with van der Waals surface area (Å²) in [5.41, 5.74) is 2.11. The van der Waals surface area contributed by atoms with E-state index in [0.717, 1.165) is 11.3 Å². The first-order valence-corrected chi connectivity index (χ1v) is 6.64. The van der Waals surface area contributed by atoms with Crippen molar-refractivity contribution in [2.45, 2.75) is 19.9 Å². The van der Waals surface area contributed by atoms with Gasteiger partial charge in [-0.05, 0) is 18.9 Å². The summed E-state index contributed by atoms with van der Waals surface area (Å²) in [6, 6.07) is 11.3. The summed E-state index contributed by atoms with van der Waals surface area (Å²) < 4.78 is 0. The zero-order valence-corrected chi connectivity index (χ0v) is 11.6. The molecule has 0 aliphatic rings. The Kier molecular flexibility index (Phi) is 4.53. The minimum atomic E-state index is -0.215. The normalized spacial score (nSPS) is 13.8. The first-order chi connectivity index (χ1) is 9.61. The van der Waals surface area contributed by atoms with Crippen LogP contribution in [0, 0.1) is 5.92 Å². The maximum Gasteiger partial charge on any atom is 0.269 e. The fourth-order valence-electron chi connectivity index (χ4n) is 1.78. The SMILES string of the molecule is CC(CO)C(C)NC(=O)c1cc(-c2ccccc2)n[nH]1. The molecule has 0 radical (unpaired) electrons. The molecule has 1 aromatic carbocycles. The van der Waals surface area contributed by atoms with Crippen molar-refractivity contribution in [1.82, 2.24) is 15.5 Å². The van der Waals surface area contributed by atoms with Crippen LogP contribution in [0.2, 0.25) is 0 Å². The van der Waals surface area contributed by atoms with Crippen LogP contribution in [0.25, 0.3) is 11.3 Å². The molecule has 0 saturated carbocycles. The van der Waals surface area contributed by atoms with Crippen molar-refractivity contribution in [3.05, 3.63) is 42.1 Å². The average molecular weight is 273 g/mol. The van der Waals surface area contributed by atoms with E-state index in [0.29, 0.717) is 5.69 Å². The maximum atomic E-state index is 12.1. The number of nitrogens with zero attached hydrogens (tertiary/aromatic N) is 1. The van der Waals surface area contributed by atoms with Crippen LogP contribution in [0.5, 0.6) is 0 Å². The van der Waals surface area contributed by atoms with Crippen LogP contribution in [0.3, 0.4) is 0 Å². The van der Waals surface area contributed by atoms with Crippen molar-refractivity contribution in [3.8, 4) is 11.3 Å². The number of H-pyrrole nitrogens is 1. The largest absolute Gasteiger partial charge is 0.396 e. The molecule has 20 heavy (non-hydrogen) atoms. The van der Waals surface area contributed by atoms with Gasteiger partial charge in [-0.25, -0.2) is 0 Å². The summed E-state index contributed by atoms with van der Waals surface area (Å²) in [5, 5.41) is 18.8. The topological polar surface area (TPSA) is 78.0 Å². The molecule has 2 unspecified atom stereocenters. The number of aliphatic hydroxyl groups excluding tert-OH is 1. The van der Waals surface area contributed by atoms with Crippen molar-refractivity contribution < 1.29 is 9.90 Å². The van der Waals surface area contributed by atoms with E-state index >= 15 is 0 Å². The van der Waals surface area contributed by atoms with Gasteiger partial charge in [-0.2, -0.15) is 5.10 Å². The Labute approximate surface area is 118 Å². The molecule has 0 saturated heterocycles. The molecule has 1 heterocycles. The van der Waals surface area contributed by atoms with E-state index in [4.69, 9.17) is 5.11 Å². The van der Waals surface area contributed by atoms with Gasteiger partial charge in [-0.3, -0.25) is 9.89 Å². The summed E-state index contributed by atoms with van der Waals surface area (Å²) in [6.45, 7) is 3.79. The zero-order chi connectivity index (χ0) is 14.5. The number of rotatable bonds is 5. The second-order valence-corrected chi connectivity index (χ2v) is 4.95. The Hall–Kier alpha value is -2.14. The third-order valence-corrected chi connectivity index (χ3v) is 3.39. The van der Waals surface area contributed by atoms with Crippen molar-refractivity contribution >= 4 is 5.91 Å². The van der Waals surface area contributed by atoms with Crippen molar-refractivity contribution in [2.75, 3.05) is 6.61 Å². The molecule has 1 amide bonds. The minimum absolute atomic E-state index is 0.00969. The Morgan fingerprint density at radius 2 is 2.05 bits per heavy atom. The van der Waals surface area contributed by atoms with Gasteiger partial charge in [0, 0.05) is 18.2 Å². The summed E-state index contributed by atoms with van der Waals surface area (Å²) in [7, 11) is 0. The van der Waals surface area contributed by atoms with Crippen LogP contribution >= 0.6 is 0 Å². The predicted octanol–water partition coefficient (Wildman–Crippen LogP) is 1.82. The number of aromatic amines is 1. The van der Waals surface area contributed by atoms with Gasteiger partial charge in [0.25, 0.3) is 5.91 Å². The molecule has 2 rings (SSSR count). The van der Waals surface area contributed by atoms with E-state index in [2.05, 4.69) is 15.5 Å². The summed E-state index contributed by atoms with van der Waals surface area (Å²) in [5.74, 6) is -0.206. The summed E-state index contributed by atoms with van der Waals surface area (Å²) >= 11 is 0. The van der Waals surface area contributed by atoms with Crippen LogP contribution in [0.1, 0.15) is 24.3 Å². The third-order valence-electron chi connectivity index (χ3n) is 3.39. The van der Waals surface area contributed by atoms with Crippen LogP contribution in [-0.2, 0) is 0 Å². The van der Waals surface area contributed by atoms with Crippen molar-refractivity contribution in [3.63, 3.8) is 0 Å². The lowest BCUT2D eigenvalue weighted by molar-refractivity contribution is 0.0911. The van der Waals surface area contributed by atoms with Crippen molar-refractivity contribution in [1.29, 1.82) is 0 Å². The van der Waals surface area contributed by atoms with Crippen LogP contribution in [0.15, 0.2) is 36.4 Å². The van der Waals surface area contributed by atoms with Crippen LogP contribution < -0.4 is 5.32 Å². The molecule has 3 N–H and O–H groups in total. The smallest absolute Gasteiger partial charge is 0.269 e. The van der Waals surface area contributed by atoms with Crippen molar-refractivity contribution in [2.24, 2.45) is 5.92 Å². The Morgan fingerprint density at radius 3 is 2.70 bits per heavy atom. The molecule has 5 heteroatoms. The highest BCUT2D eigenvalue weighted by Gasteiger charge is 2.17. The number of benzene rings is 1. The predicted molar refractivity (Wildman–Crippen MR) is 77.2 cm³/mol. The van der Waals surface area contributed by atoms with Gasteiger partial charge < -0.3 is 10.4 Å². The van der Waals surface area contributed by atoms with E-state index in [9.17, 15) is 4.79 Å². The second kappa shape index (κ2) is 6.34. The van der Waals surface area contributed by atoms with Gasteiger partial charge in [-0.1, -0.05) is 37.3 Å². The lowest BCUT2D eigenvalue weighted by Gasteiger charge is -2.18. The number of carbonyl (C=O) groups excluding carboxylic acids is 1. The third kappa shape index (κ3) is 3.24. The van der Waals surface area contributed by atoms with E-state index in [1.165, 1.54) is 0 Å². The molecule has 0 fully saturated rings. The van der Waals surface area contributed by atoms with Gasteiger partial charge in [0.05, 0.1) is 5.69 Å². The number of aromatic nitrogens is 2. The zero-order valence-electron chi connectivity index (χ0n) is 11.6. The first kappa shape index (κ1) is 14.3. The van der Waals surface area contributed by atoms with Crippen LogP contribution in [-0.4, -0.2) is 33.9 Å². The fourth-order valence-corrected chi connectivity index (χ4v) is 1.78. The molecule has 2 atom stereocenters. The van der Waals surface area contributed by atoms with E-state index in [1.54, 1.807) is 6.07 Å². The van der Waals surface area contributed by atoms with E-state index in [1.807, 2.05) is 44.2 Å². The summed E-state index contributed by atoms with van der Waals surface area (Å²) in [6.07, 6.45) is 0. The number of amides is 1. The number of nitrogens with one attached hydrogen (secondary N) is 2. The molecule has 0 aliphatic carbocycles. The van der Waals surface area contributed by atoms with E-state index < -0.39 is 0 Å². The Bertz CT molecular complexity index is 566. The Balaban J connectivity index is 2.07. The van der Waals surface area contributed by atoms with Gasteiger partial charge in [0.15, 0.2) is 0 Å². The number of aliphatic hydroxyl groups is 1.